The van der Waals surface area contributed by atoms with Crippen molar-refractivity contribution in [3.63, 3.8) is 0 Å². The lowest BCUT2D eigenvalue weighted by Gasteiger charge is -2.26. The van der Waals surface area contributed by atoms with E-state index in [1.165, 1.54) is 0 Å². The van der Waals surface area contributed by atoms with E-state index in [0.717, 1.165) is 30.0 Å². The molecule has 1 amide bonds. The predicted molar refractivity (Wildman–Crippen MR) is 71.9 cm³/mol. The van der Waals surface area contributed by atoms with Crippen LogP contribution in [0.5, 0.6) is 0 Å². The van der Waals surface area contributed by atoms with Crippen molar-refractivity contribution in [2.45, 2.75) is 26.8 Å². The number of nitrogens with one attached hydrogen (secondary N) is 2. The lowest BCUT2D eigenvalue weighted by atomic mass is 10.1. The number of morpholine rings is 1. The van der Waals surface area contributed by atoms with Crippen LogP contribution in [-0.4, -0.2) is 53.9 Å². The number of H-pyrrole nitrogens is 1. The molecule has 1 saturated heterocycles. The first-order valence-corrected chi connectivity index (χ1v) is 6.69. The lowest BCUT2D eigenvalue weighted by Crippen LogP contribution is -2.43. The van der Waals surface area contributed by atoms with E-state index in [2.05, 4.69) is 20.4 Å². The van der Waals surface area contributed by atoms with Gasteiger partial charge in [-0.2, -0.15) is 5.10 Å². The van der Waals surface area contributed by atoms with Crippen LogP contribution >= 0.6 is 0 Å². The molecule has 0 spiro atoms. The second kappa shape index (κ2) is 6.16. The maximum absolute atomic E-state index is 12.0. The molecule has 1 aliphatic heterocycles. The molecule has 0 aromatic carbocycles. The smallest absolute Gasteiger partial charge is 0.234 e. The van der Waals surface area contributed by atoms with Gasteiger partial charge in [0.1, 0.15) is 0 Å². The van der Waals surface area contributed by atoms with E-state index in [-0.39, 0.29) is 11.9 Å². The molecule has 0 unspecified atom stereocenters. The number of carbonyl (C=O) groups is 1. The SMILES string of the molecule is Cc1n[nH]c(C)c1[C@@H](C)NC(=O)CN1CCOCC1. The predicted octanol–water partition coefficient (Wildman–Crippen LogP) is 0.536. The Morgan fingerprint density at radius 3 is 2.74 bits per heavy atom. The van der Waals surface area contributed by atoms with Crippen molar-refractivity contribution in [2.24, 2.45) is 0 Å². The van der Waals surface area contributed by atoms with Gasteiger partial charge in [-0.25, -0.2) is 0 Å². The van der Waals surface area contributed by atoms with Crippen LogP contribution in [0.2, 0.25) is 0 Å². The third kappa shape index (κ3) is 3.54. The van der Waals surface area contributed by atoms with Gasteiger partial charge in [0, 0.05) is 24.3 Å². The topological polar surface area (TPSA) is 70.2 Å². The average Bonchev–Trinajstić information content (AvgIpc) is 2.70. The number of hydrogen-bond donors (Lipinski definition) is 2. The van der Waals surface area contributed by atoms with Gasteiger partial charge < -0.3 is 10.1 Å². The van der Waals surface area contributed by atoms with Gasteiger partial charge in [0.25, 0.3) is 0 Å². The summed E-state index contributed by atoms with van der Waals surface area (Å²) >= 11 is 0. The van der Waals surface area contributed by atoms with Crippen LogP contribution in [0.25, 0.3) is 0 Å². The van der Waals surface area contributed by atoms with Gasteiger partial charge >= 0.3 is 0 Å². The highest BCUT2D eigenvalue weighted by molar-refractivity contribution is 5.78. The molecule has 2 rings (SSSR count). The molecular weight excluding hydrogens is 244 g/mol. The van der Waals surface area contributed by atoms with Gasteiger partial charge in [-0.3, -0.25) is 14.8 Å². The van der Waals surface area contributed by atoms with Gasteiger partial charge in [0.2, 0.25) is 5.91 Å². The summed E-state index contributed by atoms with van der Waals surface area (Å²) in [5.74, 6) is 0.0504. The first-order valence-electron chi connectivity index (χ1n) is 6.69. The van der Waals surface area contributed by atoms with Crippen molar-refractivity contribution >= 4 is 5.91 Å². The Kier molecular flexibility index (Phi) is 4.55. The molecule has 1 aliphatic rings. The van der Waals surface area contributed by atoms with E-state index in [1.807, 2.05) is 20.8 Å². The highest BCUT2D eigenvalue weighted by Crippen LogP contribution is 2.18. The Bertz CT molecular complexity index is 418. The molecule has 0 saturated carbocycles. The molecule has 6 heteroatoms. The molecule has 1 atom stereocenters. The molecule has 1 aromatic rings. The summed E-state index contributed by atoms with van der Waals surface area (Å²) in [6.45, 7) is 9.41. The largest absolute Gasteiger partial charge is 0.379 e. The first kappa shape index (κ1) is 14.0. The molecule has 106 valence electrons. The number of rotatable bonds is 4. The summed E-state index contributed by atoms with van der Waals surface area (Å²) in [6, 6.07) is -0.0210. The molecule has 2 N–H and O–H groups in total. The Hall–Kier alpha value is -1.40. The highest BCUT2D eigenvalue weighted by atomic mass is 16.5. The third-order valence-electron chi connectivity index (χ3n) is 3.47. The number of hydrogen-bond acceptors (Lipinski definition) is 4. The summed E-state index contributed by atoms with van der Waals surface area (Å²) in [6.07, 6.45) is 0. The zero-order chi connectivity index (χ0) is 13.8. The zero-order valence-corrected chi connectivity index (χ0v) is 11.8. The maximum Gasteiger partial charge on any atom is 0.234 e. The number of aryl methyl sites for hydroxylation is 2. The van der Waals surface area contributed by atoms with E-state index >= 15 is 0 Å². The van der Waals surface area contributed by atoms with Gasteiger partial charge in [-0.05, 0) is 20.8 Å². The minimum atomic E-state index is -0.0210. The highest BCUT2D eigenvalue weighted by Gasteiger charge is 2.19. The minimum Gasteiger partial charge on any atom is -0.379 e. The maximum atomic E-state index is 12.0. The summed E-state index contributed by atoms with van der Waals surface area (Å²) in [7, 11) is 0. The Labute approximate surface area is 113 Å². The standard InChI is InChI=1S/C13H22N4O2/c1-9(13-10(2)15-16-11(13)3)14-12(18)8-17-4-6-19-7-5-17/h9H,4-8H2,1-3H3,(H,14,18)(H,15,16)/t9-/m1/s1. The summed E-state index contributed by atoms with van der Waals surface area (Å²) in [5, 5.41) is 10.1. The molecule has 1 fully saturated rings. The van der Waals surface area contributed by atoms with E-state index < -0.39 is 0 Å². The van der Waals surface area contributed by atoms with Crippen LogP contribution in [0, 0.1) is 13.8 Å². The normalized spacial score (nSPS) is 18.3. The van der Waals surface area contributed by atoms with Crippen molar-refractivity contribution in [3.05, 3.63) is 17.0 Å². The minimum absolute atomic E-state index is 0.0210. The molecular formula is C13H22N4O2. The van der Waals surface area contributed by atoms with Gasteiger partial charge in [0.05, 0.1) is 31.5 Å². The second-order valence-corrected chi connectivity index (χ2v) is 5.03. The molecule has 0 aliphatic carbocycles. The van der Waals surface area contributed by atoms with E-state index in [9.17, 15) is 4.79 Å². The fourth-order valence-electron chi connectivity index (χ4n) is 2.52. The van der Waals surface area contributed by atoms with E-state index in [0.29, 0.717) is 19.8 Å². The summed E-state index contributed by atoms with van der Waals surface area (Å²) < 4.78 is 5.27. The molecule has 1 aromatic heterocycles. The first-order chi connectivity index (χ1) is 9.08. The quantitative estimate of drug-likeness (QED) is 0.834. The molecule has 0 bridgehead atoms. The monoisotopic (exact) mass is 266 g/mol. The van der Waals surface area contributed by atoms with Crippen molar-refractivity contribution in [1.29, 1.82) is 0 Å². The van der Waals surface area contributed by atoms with Gasteiger partial charge in [0.15, 0.2) is 0 Å². The van der Waals surface area contributed by atoms with Crippen molar-refractivity contribution in [2.75, 3.05) is 32.8 Å². The number of aromatic nitrogens is 2. The van der Waals surface area contributed by atoms with Crippen molar-refractivity contribution in [1.82, 2.24) is 20.4 Å². The van der Waals surface area contributed by atoms with E-state index in [1.54, 1.807) is 0 Å². The Balaban J connectivity index is 1.88. The molecule has 2 heterocycles. The number of ether oxygens (including phenoxy) is 1. The van der Waals surface area contributed by atoms with Crippen molar-refractivity contribution < 1.29 is 9.53 Å². The van der Waals surface area contributed by atoms with Crippen LogP contribution < -0.4 is 5.32 Å². The van der Waals surface area contributed by atoms with Crippen molar-refractivity contribution in [3.8, 4) is 0 Å². The van der Waals surface area contributed by atoms with Crippen LogP contribution in [0.15, 0.2) is 0 Å². The fourth-order valence-corrected chi connectivity index (χ4v) is 2.52. The van der Waals surface area contributed by atoms with E-state index in [4.69, 9.17) is 4.74 Å². The Morgan fingerprint density at radius 2 is 2.16 bits per heavy atom. The second-order valence-electron chi connectivity index (χ2n) is 5.03. The summed E-state index contributed by atoms with van der Waals surface area (Å²) in [5.41, 5.74) is 3.03. The average molecular weight is 266 g/mol. The van der Waals surface area contributed by atoms with Crippen LogP contribution in [-0.2, 0) is 9.53 Å². The number of amides is 1. The fraction of sp³-hybridized carbons (Fsp3) is 0.692. The number of nitrogens with zero attached hydrogens (tertiary/aromatic N) is 2. The van der Waals surface area contributed by atoms with Crippen LogP contribution in [0.1, 0.15) is 29.9 Å². The van der Waals surface area contributed by atoms with Gasteiger partial charge in [-0.1, -0.05) is 0 Å². The molecule has 6 nitrogen and oxygen atoms in total. The number of aromatic amines is 1. The van der Waals surface area contributed by atoms with Gasteiger partial charge in [-0.15, -0.1) is 0 Å². The van der Waals surface area contributed by atoms with Crippen LogP contribution in [0.4, 0.5) is 0 Å². The van der Waals surface area contributed by atoms with Crippen LogP contribution in [0.3, 0.4) is 0 Å². The molecule has 19 heavy (non-hydrogen) atoms. The zero-order valence-electron chi connectivity index (χ0n) is 11.8. The number of carbonyl (C=O) groups excluding carboxylic acids is 1. The third-order valence-corrected chi connectivity index (χ3v) is 3.47. The summed E-state index contributed by atoms with van der Waals surface area (Å²) in [4.78, 5) is 14.1. The molecule has 0 radical (unpaired) electrons. The lowest BCUT2D eigenvalue weighted by molar-refractivity contribution is -0.123. The Morgan fingerprint density at radius 1 is 1.47 bits per heavy atom.